The molecule has 0 bridgehead atoms. The maximum atomic E-state index is 11.4. The van der Waals surface area contributed by atoms with Crippen molar-refractivity contribution < 1.29 is 9.59 Å². The minimum absolute atomic E-state index is 0.0621. The Labute approximate surface area is 103 Å². The van der Waals surface area contributed by atoms with E-state index in [1.807, 2.05) is 45.9 Å². The molecule has 0 saturated carbocycles. The largest absolute Gasteiger partial charge is 0.325 e. The molecule has 0 aliphatic rings. The number of ketones is 1. The first-order valence-electron chi connectivity index (χ1n) is 5.85. The van der Waals surface area contributed by atoms with Gasteiger partial charge in [-0.15, -0.1) is 0 Å². The Morgan fingerprint density at radius 1 is 1.18 bits per heavy atom. The molecule has 1 N–H and O–H groups in total. The third-order valence-corrected chi connectivity index (χ3v) is 2.08. The average Bonchev–Trinajstić information content (AvgIpc) is 2.25. The second-order valence-corrected chi connectivity index (χ2v) is 3.75. The van der Waals surface area contributed by atoms with Crippen molar-refractivity contribution >= 4 is 17.4 Å². The lowest BCUT2D eigenvalue weighted by Gasteiger charge is -2.08. The lowest BCUT2D eigenvalue weighted by molar-refractivity contribution is -0.124. The van der Waals surface area contributed by atoms with Crippen LogP contribution < -0.4 is 5.32 Å². The van der Waals surface area contributed by atoms with Crippen molar-refractivity contribution in [1.29, 1.82) is 0 Å². The predicted molar refractivity (Wildman–Crippen MR) is 71.2 cm³/mol. The molecule has 0 saturated heterocycles. The molecule has 94 valence electrons. The van der Waals surface area contributed by atoms with E-state index in [0.29, 0.717) is 0 Å². The van der Waals surface area contributed by atoms with Gasteiger partial charge in [-0.25, -0.2) is 0 Å². The van der Waals surface area contributed by atoms with Crippen LogP contribution in [0, 0.1) is 13.8 Å². The predicted octanol–water partition coefficient (Wildman–Crippen LogP) is 3.25. The number of hydrogen-bond donors (Lipinski definition) is 1. The van der Waals surface area contributed by atoms with Gasteiger partial charge < -0.3 is 5.32 Å². The summed E-state index contributed by atoms with van der Waals surface area (Å²) < 4.78 is 0. The number of nitrogens with one attached hydrogen (secondary N) is 1. The molecule has 1 rings (SSSR count). The standard InChI is InChI=1S/C12H15NO2.C2H6/c1-8-4-5-9(2)11(6-8)13-12(15)7-10(3)14;1-2/h4-6H,7H2,1-3H3,(H,13,15);1-2H3. The number of anilines is 1. The lowest BCUT2D eigenvalue weighted by atomic mass is 10.1. The van der Waals surface area contributed by atoms with Crippen LogP contribution in [0.25, 0.3) is 0 Å². The van der Waals surface area contributed by atoms with Crippen molar-refractivity contribution in [2.75, 3.05) is 5.32 Å². The van der Waals surface area contributed by atoms with Crippen molar-refractivity contribution in [2.45, 2.75) is 41.0 Å². The van der Waals surface area contributed by atoms with Gasteiger partial charge in [0.05, 0.1) is 6.42 Å². The maximum Gasteiger partial charge on any atom is 0.231 e. The second kappa shape index (κ2) is 7.60. The third-order valence-electron chi connectivity index (χ3n) is 2.08. The molecule has 0 aromatic heterocycles. The number of benzene rings is 1. The number of carbonyl (C=O) groups excluding carboxylic acids is 2. The van der Waals surface area contributed by atoms with E-state index in [1.165, 1.54) is 6.92 Å². The van der Waals surface area contributed by atoms with Gasteiger partial charge in [0.25, 0.3) is 0 Å². The first-order valence-corrected chi connectivity index (χ1v) is 5.85. The number of carbonyl (C=O) groups is 2. The Kier molecular flexibility index (Phi) is 6.87. The molecule has 0 radical (unpaired) electrons. The highest BCUT2D eigenvalue weighted by Crippen LogP contribution is 2.16. The molecular formula is C14H21NO2. The Bertz CT molecular complexity index is 397. The molecule has 0 aliphatic carbocycles. The molecule has 1 aromatic rings. The van der Waals surface area contributed by atoms with Crippen LogP contribution in [0.5, 0.6) is 0 Å². The van der Waals surface area contributed by atoms with Crippen LogP contribution >= 0.6 is 0 Å². The first-order chi connectivity index (χ1) is 7.99. The monoisotopic (exact) mass is 235 g/mol. The van der Waals surface area contributed by atoms with Crippen molar-refractivity contribution in [2.24, 2.45) is 0 Å². The number of Topliss-reactive ketones (excluding diaryl/α,β-unsaturated/α-hetero) is 1. The third kappa shape index (κ3) is 5.85. The molecule has 1 aromatic carbocycles. The summed E-state index contributed by atoms with van der Waals surface area (Å²) in [5.74, 6) is -0.381. The highest BCUT2D eigenvalue weighted by molar-refractivity contribution is 6.03. The summed E-state index contributed by atoms with van der Waals surface area (Å²) in [6.07, 6.45) is -0.0621. The molecule has 3 heteroatoms. The second-order valence-electron chi connectivity index (χ2n) is 3.75. The molecule has 3 nitrogen and oxygen atoms in total. The average molecular weight is 235 g/mol. The summed E-state index contributed by atoms with van der Waals surface area (Å²) in [6.45, 7) is 9.28. The van der Waals surface area contributed by atoms with Crippen LogP contribution in [0.3, 0.4) is 0 Å². The minimum atomic E-state index is -0.254. The number of hydrogen-bond acceptors (Lipinski definition) is 2. The maximum absolute atomic E-state index is 11.4. The summed E-state index contributed by atoms with van der Waals surface area (Å²) >= 11 is 0. The fourth-order valence-corrected chi connectivity index (χ4v) is 1.29. The quantitative estimate of drug-likeness (QED) is 0.817. The summed E-state index contributed by atoms with van der Waals surface area (Å²) in [7, 11) is 0. The van der Waals surface area contributed by atoms with Crippen LogP contribution in [-0.2, 0) is 9.59 Å². The summed E-state index contributed by atoms with van der Waals surface area (Å²) in [5, 5.41) is 2.72. The Hall–Kier alpha value is -1.64. The molecular weight excluding hydrogens is 214 g/mol. The van der Waals surface area contributed by atoms with E-state index in [0.717, 1.165) is 16.8 Å². The number of rotatable bonds is 3. The van der Waals surface area contributed by atoms with Crippen molar-refractivity contribution in [3.8, 4) is 0 Å². The van der Waals surface area contributed by atoms with E-state index >= 15 is 0 Å². The van der Waals surface area contributed by atoms with E-state index in [4.69, 9.17) is 0 Å². The molecule has 0 heterocycles. The number of amides is 1. The smallest absolute Gasteiger partial charge is 0.231 e. The fraction of sp³-hybridized carbons (Fsp3) is 0.429. The molecule has 1 amide bonds. The van der Waals surface area contributed by atoms with E-state index in [9.17, 15) is 9.59 Å². The molecule has 0 unspecified atom stereocenters. The van der Waals surface area contributed by atoms with Crippen LogP contribution in [-0.4, -0.2) is 11.7 Å². The van der Waals surface area contributed by atoms with Gasteiger partial charge in [-0.2, -0.15) is 0 Å². The van der Waals surface area contributed by atoms with Crippen molar-refractivity contribution in [3.63, 3.8) is 0 Å². The van der Waals surface area contributed by atoms with Gasteiger partial charge in [0, 0.05) is 5.69 Å². The highest BCUT2D eigenvalue weighted by atomic mass is 16.2. The van der Waals surface area contributed by atoms with Gasteiger partial charge in [-0.1, -0.05) is 26.0 Å². The van der Waals surface area contributed by atoms with Crippen LogP contribution in [0.4, 0.5) is 5.69 Å². The van der Waals surface area contributed by atoms with Gasteiger partial charge in [-0.05, 0) is 38.0 Å². The van der Waals surface area contributed by atoms with Crippen molar-refractivity contribution in [1.82, 2.24) is 0 Å². The Balaban J connectivity index is 0.00000121. The molecule has 0 aliphatic heterocycles. The van der Waals surface area contributed by atoms with Gasteiger partial charge in [0.2, 0.25) is 5.91 Å². The van der Waals surface area contributed by atoms with Crippen molar-refractivity contribution in [3.05, 3.63) is 29.3 Å². The van der Waals surface area contributed by atoms with Gasteiger partial charge in [-0.3, -0.25) is 9.59 Å². The van der Waals surface area contributed by atoms with E-state index in [2.05, 4.69) is 5.32 Å². The topological polar surface area (TPSA) is 46.2 Å². The normalized spacial score (nSPS) is 9.00. The zero-order chi connectivity index (χ0) is 13.4. The SMILES string of the molecule is CC.CC(=O)CC(=O)Nc1cc(C)ccc1C. The molecule has 0 fully saturated rings. The molecule has 0 spiro atoms. The summed E-state index contributed by atoms with van der Waals surface area (Å²) in [6, 6.07) is 5.82. The Morgan fingerprint density at radius 3 is 2.29 bits per heavy atom. The van der Waals surface area contributed by atoms with Gasteiger partial charge in [0.15, 0.2) is 0 Å². The number of aryl methyl sites for hydroxylation is 2. The lowest BCUT2D eigenvalue weighted by Crippen LogP contribution is -2.15. The fourth-order valence-electron chi connectivity index (χ4n) is 1.29. The van der Waals surface area contributed by atoms with Gasteiger partial charge in [0.1, 0.15) is 5.78 Å². The van der Waals surface area contributed by atoms with Crippen LogP contribution in [0.15, 0.2) is 18.2 Å². The van der Waals surface area contributed by atoms with Crippen LogP contribution in [0.1, 0.15) is 38.3 Å². The summed E-state index contributed by atoms with van der Waals surface area (Å²) in [5.41, 5.74) is 2.86. The zero-order valence-corrected chi connectivity index (χ0v) is 11.3. The van der Waals surface area contributed by atoms with E-state index in [1.54, 1.807) is 0 Å². The van der Waals surface area contributed by atoms with E-state index < -0.39 is 0 Å². The molecule has 17 heavy (non-hydrogen) atoms. The Morgan fingerprint density at radius 2 is 1.76 bits per heavy atom. The first kappa shape index (κ1) is 15.4. The van der Waals surface area contributed by atoms with E-state index in [-0.39, 0.29) is 18.1 Å². The van der Waals surface area contributed by atoms with Crippen LogP contribution in [0.2, 0.25) is 0 Å². The highest BCUT2D eigenvalue weighted by Gasteiger charge is 2.06. The van der Waals surface area contributed by atoms with Gasteiger partial charge >= 0.3 is 0 Å². The molecule has 0 atom stereocenters. The zero-order valence-electron chi connectivity index (χ0n) is 11.3. The minimum Gasteiger partial charge on any atom is -0.325 e. The summed E-state index contributed by atoms with van der Waals surface area (Å²) in [4.78, 5) is 22.1.